The summed E-state index contributed by atoms with van der Waals surface area (Å²) < 4.78 is 1.29. The predicted molar refractivity (Wildman–Crippen MR) is 58.2 cm³/mol. The van der Waals surface area contributed by atoms with E-state index in [2.05, 4.69) is 27.8 Å². The predicted octanol–water partition coefficient (Wildman–Crippen LogP) is 2.88. The van der Waals surface area contributed by atoms with Gasteiger partial charge in [-0.15, -0.1) is 0 Å². The number of hydrogen-bond acceptors (Lipinski definition) is 1. The van der Waals surface area contributed by atoms with Gasteiger partial charge < -0.3 is 9.96 Å². The molecule has 0 heterocycles. The summed E-state index contributed by atoms with van der Waals surface area (Å²) in [5.41, 5.74) is 0. The minimum absolute atomic E-state index is 0. The minimum Gasteiger partial charge on any atom is -0.870 e. The molecule has 0 bridgehead atoms. The van der Waals surface area contributed by atoms with E-state index in [0.717, 1.165) is 0 Å². The van der Waals surface area contributed by atoms with E-state index in [1.165, 1.54) is 49.8 Å². The van der Waals surface area contributed by atoms with Gasteiger partial charge in [0.15, 0.2) is 0 Å². The van der Waals surface area contributed by atoms with Crippen LogP contribution in [0.15, 0.2) is 0 Å². The molecule has 2 nitrogen and oxygen atoms in total. The van der Waals surface area contributed by atoms with E-state index in [1.807, 2.05) is 0 Å². The van der Waals surface area contributed by atoms with Crippen molar-refractivity contribution in [2.45, 2.75) is 46.5 Å². The average Bonchev–Trinajstić information content (AvgIpc) is 2.02. The maximum Gasteiger partial charge on any atom is 0.0784 e. The Hall–Kier alpha value is -0.0800. The average molecular weight is 189 g/mol. The number of unbranched alkanes of at least 4 members (excludes halogenated alkanes) is 1. The van der Waals surface area contributed by atoms with E-state index in [0.29, 0.717) is 0 Å². The second-order valence-electron chi connectivity index (χ2n) is 4.14. The van der Waals surface area contributed by atoms with Crippen LogP contribution in [0.5, 0.6) is 0 Å². The van der Waals surface area contributed by atoms with Crippen molar-refractivity contribution in [2.75, 3.05) is 26.7 Å². The normalized spacial score (nSPS) is 11.1. The van der Waals surface area contributed by atoms with E-state index in [1.54, 1.807) is 0 Å². The topological polar surface area (TPSA) is 30.0 Å². The molecular weight excluding hydrogens is 162 g/mol. The molecule has 1 N–H and O–H groups in total. The van der Waals surface area contributed by atoms with Gasteiger partial charge >= 0.3 is 0 Å². The molecule has 0 fully saturated rings. The fourth-order valence-corrected chi connectivity index (χ4v) is 1.95. The van der Waals surface area contributed by atoms with E-state index in [4.69, 9.17) is 0 Å². The van der Waals surface area contributed by atoms with Crippen LogP contribution >= 0.6 is 0 Å². The molecule has 0 unspecified atom stereocenters. The van der Waals surface area contributed by atoms with Crippen molar-refractivity contribution in [2.24, 2.45) is 0 Å². The first-order chi connectivity index (χ1) is 5.68. The maximum atomic E-state index is 2.41. The molecule has 0 atom stereocenters. The van der Waals surface area contributed by atoms with Gasteiger partial charge in [-0.2, -0.15) is 0 Å². The van der Waals surface area contributed by atoms with Crippen molar-refractivity contribution in [3.05, 3.63) is 0 Å². The van der Waals surface area contributed by atoms with Crippen LogP contribution in [0.3, 0.4) is 0 Å². The Morgan fingerprint density at radius 2 is 1.23 bits per heavy atom. The Kier molecular flexibility index (Phi) is 10.1. The van der Waals surface area contributed by atoms with E-state index in [9.17, 15) is 0 Å². The summed E-state index contributed by atoms with van der Waals surface area (Å²) in [6.45, 7) is 10.9. The highest BCUT2D eigenvalue weighted by molar-refractivity contribution is 4.40. The summed E-state index contributed by atoms with van der Waals surface area (Å²) in [6.07, 6.45) is 5.36. The van der Waals surface area contributed by atoms with Crippen molar-refractivity contribution in [3.63, 3.8) is 0 Å². The van der Waals surface area contributed by atoms with Crippen LogP contribution in [-0.2, 0) is 0 Å². The number of hydrogen-bond donors (Lipinski definition) is 0. The zero-order valence-electron chi connectivity index (χ0n) is 9.84. The summed E-state index contributed by atoms with van der Waals surface area (Å²) in [5, 5.41) is 0. The highest BCUT2D eigenvalue weighted by Crippen LogP contribution is 2.08. The molecule has 0 saturated heterocycles. The van der Waals surface area contributed by atoms with Gasteiger partial charge in [-0.05, 0) is 19.3 Å². The highest BCUT2D eigenvalue weighted by Gasteiger charge is 2.17. The van der Waals surface area contributed by atoms with Crippen molar-refractivity contribution >= 4 is 0 Å². The molecule has 0 aliphatic heterocycles. The van der Waals surface area contributed by atoms with Crippen LogP contribution in [0.2, 0.25) is 0 Å². The molecular formula is C11H27NO. The van der Waals surface area contributed by atoms with E-state index < -0.39 is 0 Å². The zero-order valence-corrected chi connectivity index (χ0v) is 9.84. The summed E-state index contributed by atoms with van der Waals surface area (Å²) in [4.78, 5) is 0. The Morgan fingerprint density at radius 1 is 0.769 bits per heavy atom. The van der Waals surface area contributed by atoms with Crippen LogP contribution in [0, 0.1) is 0 Å². The standard InChI is InChI=1S/C11H26N.H2O/c1-5-8-11-12(4,9-6-2)10-7-3;/h5-11H2,1-4H3;1H2/q+1;/p-1. The Balaban J connectivity index is 0. The summed E-state index contributed by atoms with van der Waals surface area (Å²) in [5.74, 6) is 0. The lowest BCUT2D eigenvalue weighted by molar-refractivity contribution is -0.909. The van der Waals surface area contributed by atoms with E-state index in [-0.39, 0.29) is 5.48 Å². The first kappa shape index (κ1) is 15.4. The van der Waals surface area contributed by atoms with E-state index >= 15 is 0 Å². The molecule has 0 aliphatic carbocycles. The van der Waals surface area contributed by atoms with Crippen molar-refractivity contribution in [1.29, 1.82) is 0 Å². The quantitative estimate of drug-likeness (QED) is 0.566. The van der Waals surface area contributed by atoms with Crippen LogP contribution in [-0.4, -0.2) is 36.6 Å². The summed E-state index contributed by atoms with van der Waals surface area (Å²) in [6, 6.07) is 0. The SMILES string of the molecule is CCCC[N+](C)(CCC)CCC.[OH-]. The van der Waals surface area contributed by atoms with Crippen LogP contribution in [0.25, 0.3) is 0 Å². The third kappa shape index (κ3) is 7.03. The molecule has 0 radical (unpaired) electrons. The molecule has 0 aliphatic rings. The molecule has 0 aromatic carbocycles. The van der Waals surface area contributed by atoms with Gasteiger partial charge in [0.1, 0.15) is 0 Å². The fourth-order valence-electron chi connectivity index (χ4n) is 1.95. The largest absolute Gasteiger partial charge is 0.870 e. The number of quaternary nitrogens is 1. The number of rotatable bonds is 7. The van der Waals surface area contributed by atoms with Crippen molar-refractivity contribution in [1.82, 2.24) is 0 Å². The summed E-state index contributed by atoms with van der Waals surface area (Å²) >= 11 is 0. The monoisotopic (exact) mass is 189 g/mol. The molecule has 2 heteroatoms. The first-order valence-electron chi connectivity index (χ1n) is 5.52. The lowest BCUT2D eigenvalue weighted by Gasteiger charge is -2.34. The smallest absolute Gasteiger partial charge is 0.0784 e. The second-order valence-corrected chi connectivity index (χ2v) is 4.14. The third-order valence-electron chi connectivity index (χ3n) is 2.58. The zero-order chi connectivity index (χ0) is 9.45. The van der Waals surface area contributed by atoms with Crippen molar-refractivity contribution < 1.29 is 9.96 Å². The molecule has 0 rings (SSSR count). The van der Waals surface area contributed by atoms with Gasteiger partial charge in [0, 0.05) is 0 Å². The van der Waals surface area contributed by atoms with Gasteiger partial charge in [-0.3, -0.25) is 0 Å². The first-order valence-corrected chi connectivity index (χ1v) is 5.52. The molecule has 13 heavy (non-hydrogen) atoms. The van der Waals surface area contributed by atoms with Crippen LogP contribution in [0.1, 0.15) is 46.5 Å². The van der Waals surface area contributed by atoms with Crippen molar-refractivity contribution in [3.8, 4) is 0 Å². The molecule has 0 spiro atoms. The Bertz CT molecular complexity index is 98.3. The summed E-state index contributed by atoms with van der Waals surface area (Å²) in [7, 11) is 2.41. The molecule has 82 valence electrons. The lowest BCUT2D eigenvalue weighted by atomic mass is 10.2. The minimum atomic E-state index is 0. The molecule has 0 amide bonds. The van der Waals surface area contributed by atoms with Gasteiger partial charge in [-0.25, -0.2) is 0 Å². The molecule has 0 aromatic heterocycles. The van der Waals surface area contributed by atoms with Gasteiger partial charge in [0.2, 0.25) is 0 Å². The fraction of sp³-hybridized carbons (Fsp3) is 1.00. The lowest BCUT2D eigenvalue weighted by Crippen LogP contribution is -2.45. The highest BCUT2D eigenvalue weighted by atomic mass is 16.0. The molecule has 0 aromatic rings. The van der Waals surface area contributed by atoms with Gasteiger partial charge in [0.25, 0.3) is 0 Å². The Morgan fingerprint density at radius 3 is 1.54 bits per heavy atom. The van der Waals surface area contributed by atoms with Gasteiger partial charge in [0.05, 0.1) is 26.7 Å². The van der Waals surface area contributed by atoms with Gasteiger partial charge in [-0.1, -0.05) is 27.2 Å². The Labute approximate surface area is 83.8 Å². The number of nitrogens with zero attached hydrogens (tertiary/aromatic N) is 1. The molecule has 0 saturated carbocycles. The van der Waals surface area contributed by atoms with Crippen LogP contribution < -0.4 is 0 Å². The maximum absolute atomic E-state index is 2.41. The second kappa shape index (κ2) is 8.52. The van der Waals surface area contributed by atoms with Crippen LogP contribution in [0.4, 0.5) is 0 Å². The third-order valence-corrected chi connectivity index (χ3v) is 2.58.